The molecular formula is C22H31N3O7. The number of rotatable bonds is 7. The Kier molecular flexibility index (Phi) is 8.45. The molecule has 1 saturated carbocycles. The van der Waals surface area contributed by atoms with Crippen molar-refractivity contribution in [3.8, 4) is 0 Å². The van der Waals surface area contributed by atoms with Crippen LogP contribution in [0.4, 0.5) is 9.59 Å². The molecule has 0 radical (unpaired) electrons. The Hall–Kier alpha value is -3.30. The number of carbonyl (C=O) groups excluding carboxylic acids is 3. The van der Waals surface area contributed by atoms with Crippen molar-refractivity contribution in [2.24, 2.45) is 11.8 Å². The maximum atomic E-state index is 12.4. The molecule has 0 aliphatic heterocycles. The third-order valence-electron chi connectivity index (χ3n) is 5.02. The third-order valence-corrected chi connectivity index (χ3v) is 5.02. The number of hydrogen-bond donors (Lipinski definition) is 4. The summed E-state index contributed by atoms with van der Waals surface area (Å²) in [6.45, 7) is 6.52. The summed E-state index contributed by atoms with van der Waals surface area (Å²) < 4.78 is 10.5. The molecule has 176 valence electrons. The van der Waals surface area contributed by atoms with Crippen LogP contribution in [0.2, 0.25) is 0 Å². The molecule has 2 rings (SSSR count). The smallest absolute Gasteiger partial charge is 0.407 e. The number of carboxylic acid groups (broad SMARTS) is 1. The number of amides is 3. The molecule has 0 heterocycles. The third kappa shape index (κ3) is 7.75. The van der Waals surface area contributed by atoms with E-state index in [0.717, 1.165) is 5.56 Å². The molecule has 10 heteroatoms. The van der Waals surface area contributed by atoms with Gasteiger partial charge in [0.25, 0.3) is 0 Å². The average molecular weight is 450 g/mol. The van der Waals surface area contributed by atoms with Gasteiger partial charge in [0.05, 0.1) is 12.0 Å². The zero-order valence-corrected chi connectivity index (χ0v) is 18.7. The summed E-state index contributed by atoms with van der Waals surface area (Å²) in [5, 5.41) is 17.7. The first kappa shape index (κ1) is 25.0. The van der Waals surface area contributed by atoms with Crippen molar-refractivity contribution in [1.29, 1.82) is 0 Å². The van der Waals surface area contributed by atoms with Gasteiger partial charge in [-0.3, -0.25) is 9.59 Å². The van der Waals surface area contributed by atoms with E-state index in [0.29, 0.717) is 0 Å². The molecule has 0 aromatic heterocycles. The Balaban J connectivity index is 2.12. The van der Waals surface area contributed by atoms with Gasteiger partial charge in [-0.2, -0.15) is 0 Å². The summed E-state index contributed by atoms with van der Waals surface area (Å²) in [5.41, 5.74) is 0.0321. The minimum Gasteiger partial charge on any atom is -0.481 e. The topological polar surface area (TPSA) is 143 Å². The normalized spacial score (nSPS) is 22.5. The highest BCUT2D eigenvalue weighted by Crippen LogP contribution is 2.32. The lowest BCUT2D eigenvalue weighted by Gasteiger charge is -2.28. The molecule has 0 spiro atoms. The van der Waals surface area contributed by atoms with Crippen LogP contribution >= 0.6 is 0 Å². The van der Waals surface area contributed by atoms with Gasteiger partial charge in [-0.15, -0.1) is 0 Å². The molecule has 1 aliphatic rings. The number of carbonyl (C=O) groups is 4. The van der Waals surface area contributed by atoms with Crippen LogP contribution in [0.5, 0.6) is 0 Å². The van der Waals surface area contributed by atoms with Crippen molar-refractivity contribution in [3.63, 3.8) is 0 Å². The lowest BCUT2D eigenvalue weighted by atomic mass is 9.96. The molecule has 1 aliphatic carbocycles. The summed E-state index contributed by atoms with van der Waals surface area (Å²) >= 11 is 0. The van der Waals surface area contributed by atoms with E-state index in [4.69, 9.17) is 9.47 Å². The van der Waals surface area contributed by atoms with Crippen molar-refractivity contribution in [2.75, 3.05) is 6.54 Å². The first-order chi connectivity index (χ1) is 15.0. The fraction of sp³-hybridized carbons (Fsp3) is 0.545. The van der Waals surface area contributed by atoms with Crippen LogP contribution in [0.25, 0.3) is 0 Å². The molecule has 1 aromatic carbocycles. The van der Waals surface area contributed by atoms with Crippen LogP contribution < -0.4 is 16.0 Å². The largest absolute Gasteiger partial charge is 0.481 e. The second-order valence-corrected chi connectivity index (χ2v) is 8.77. The Bertz CT molecular complexity index is 823. The zero-order valence-electron chi connectivity index (χ0n) is 18.7. The van der Waals surface area contributed by atoms with Crippen LogP contribution in [0, 0.1) is 11.8 Å². The summed E-state index contributed by atoms with van der Waals surface area (Å²) in [6.07, 6.45) is -1.43. The molecule has 4 atom stereocenters. The van der Waals surface area contributed by atoms with E-state index in [2.05, 4.69) is 16.0 Å². The van der Waals surface area contributed by atoms with Crippen molar-refractivity contribution < 1.29 is 33.8 Å². The van der Waals surface area contributed by atoms with Crippen LogP contribution in [0.1, 0.15) is 39.7 Å². The molecule has 32 heavy (non-hydrogen) atoms. The van der Waals surface area contributed by atoms with Crippen LogP contribution in [-0.4, -0.2) is 53.4 Å². The van der Waals surface area contributed by atoms with Gasteiger partial charge in [0.2, 0.25) is 5.91 Å². The van der Waals surface area contributed by atoms with Gasteiger partial charge in [0.1, 0.15) is 12.2 Å². The van der Waals surface area contributed by atoms with Gasteiger partial charge in [0.15, 0.2) is 0 Å². The van der Waals surface area contributed by atoms with E-state index >= 15 is 0 Å². The number of nitrogens with one attached hydrogen (secondary N) is 3. The summed E-state index contributed by atoms with van der Waals surface area (Å²) in [7, 11) is 0. The monoisotopic (exact) mass is 449 g/mol. The molecule has 0 bridgehead atoms. The van der Waals surface area contributed by atoms with Crippen LogP contribution in [0.3, 0.4) is 0 Å². The average Bonchev–Trinajstić information content (AvgIpc) is 3.01. The van der Waals surface area contributed by atoms with Gasteiger partial charge in [0, 0.05) is 25.4 Å². The zero-order chi connectivity index (χ0) is 23.9. The van der Waals surface area contributed by atoms with Gasteiger partial charge in [-0.25, -0.2) is 9.59 Å². The van der Waals surface area contributed by atoms with E-state index in [-0.39, 0.29) is 25.5 Å². The maximum Gasteiger partial charge on any atom is 0.407 e. The first-order valence-electron chi connectivity index (χ1n) is 10.4. The Morgan fingerprint density at radius 3 is 2.28 bits per heavy atom. The second kappa shape index (κ2) is 10.8. The Morgan fingerprint density at radius 2 is 1.72 bits per heavy atom. The fourth-order valence-electron chi connectivity index (χ4n) is 3.66. The van der Waals surface area contributed by atoms with Gasteiger partial charge in [-0.1, -0.05) is 30.3 Å². The van der Waals surface area contributed by atoms with Gasteiger partial charge < -0.3 is 30.5 Å². The highest BCUT2D eigenvalue weighted by Gasteiger charge is 2.48. The number of hydrogen-bond acceptors (Lipinski definition) is 6. The van der Waals surface area contributed by atoms with Gasteiger partial charge >= 0.3 is 18.2 Å². The van der Waals surface area contributed by atoms with E-state index < -0.39 is 47.7 Å². The molecule has 3 amide bonds. The molecule has 0 saturated heterocycles. The van der Waals surface area contributed by atoms with Crippen LogP contribution in [-0.2, 0) is 25.7 Å². The van der Waals surface area contributed by atoms with E-state index in [1.807, 2.05) is 30.3 Å². The number of alkyl carbamates (subject to hydrolysis) is 2. The maximum absolute atomic E-state index is 12.4. The predicted molar refractivity (Wildman–Crippen MR) is 115 cm³/mol. The summed E-state index contributed by atoms with van der Waals surface area (Å²) in [6, 6.07) is 7.59. The Labute approximate surface area is 187 Å². The molecule has 1 aromatic rings. The predicted octanol–water partition coefficient (Wildman–Crippen LogP) is 2.03. The van der Waals surface area contributed by atoms with Crippen molar-refractivity contribution in [2.45, 2.75) is 58.4 Å². The van der Waals surface area contributed by atoms with Gasteiger partial charge in [-0.05, 0) is 32.8 Å². The van der Waals surface area contributed by atoms with E-state index in [1.54, 1.807) is 20.8 Å². The number of aliphatic carboxylic acids is 1. The molecule has 10 nitrogen and oxygen atoms in total. The van der Waals surface area contributed by atoms with Crippen LogP contribution in [0.15, 0.2) is 30.3 Å². The minimum atomic E-state index is -1.12. The quantitative estimate of drug-likeness (QED) is 0.499. The Morgan fingerprint density at radius 1 is 1.06 bits per heavy atom. The highest BCUT2D eigenvalue weighted by atomic mass is 16.6. The number of carboxylic acids is 1. The molecular weight excluding hydrogens is 418 g/mol. The molecule has 1 fully saturated rings. The standard InChI is InChI=1S/C22H31N3O7/c1-13(26)23-11-16-17(24-20(29)31-12-14-8-6-5-7-9-14)10-15(19(27)28)18(16)25-21(30)32-22(2,3)4/h5-9,15-18H,10-12H2,1-4H3,(H,23,26)(H,24,29)(H,25,30)(H,27,28)/t15-,16-,17+,18+/m0/s1. The first-order valence-corrected chi connectivity index (χ1v) is 10.4. The molecule has 0 unspecified atom stereocenters. The number of benzene rings is 1. The van der Waals surface area contributed by atoms with Crippen molar-refractivity contribution in [1.82, 2.24) is 16.0 Å². The lowest BCUT2D eigenvalue weighted by Crippen LogP contribution is -2.51. The summed E-state index contributed by atoms with van der Waals surface area (Å²) in [4.78, 5) is 48.0. The number of ether oxygens (including phenoxy) is 2. The fourth-order valence-corrected chi connectivity index (χ4v) is 3.66. The highest BCUT2D eigenvalue weighted by molar-refractivity contribution is 5.76. The minimum absolute atomic E-state index is 0.0533. The molecule has 4 N–H and O–H groups in total. The summed E-state index contributed by atoms with van der Waals surface area (Å²) in [5.74, 6) is -3.01. The SMILES string of the molecule is CC(=O)NC[C@@H]1[C@H](NC(=O)OC(C)(C)C)[C@@H](C(=O)O)C[C@H]1NC(=O)OCc1ccccc1. The lowest BCUT2D eigenvalue weighted by molar-refractivity contribution is -0.142. The second-order valence-electron chi connectivity index (χ2n) is 8.77. The van der Waals surface area contributed by atoms with E-state index in [9.17, 15) is 24.3 Å². The van der Waals surface area contributed by atoms with E-state index in [1.165, 1.54) is 6.92 Å². The van der Waals surface area contributed by atoms with Crippen molar-refractivity contribution >= 4 is 24.1 Å². The van der Waals surface area contributed by atoms with Crippen molar-refractivity contribution in [3.05, 3.63) is 35.9 Å².